The highest BCUT2D eigenvalue weighted by Gasteiger charge is 2.31. The molecule has 0 aliphatic carbocycles. The number of nitrogens with two attached hydrogens (primary N) is 1. The Morgan fingerprint density at radius 1 is 1.26 bits per heavy atom. The highest BCUT2D eigenvalue weighted by molar-refractivity contribution is 6.09. The standard InChI is InChI=1S/C23H22F3N5O3/c1-12(11-33-3)31(10-16-6-5-15(9-28-16)23(24,25)26)22(32)14-4-7-18-17(8-14)20-19(21(27)29-18)13(2)30-34-20/h4-9,12H,10-11H2,1-3H3,(H2,27,29)/t12-/m0/s1. The number of ether oxygens (including phenoxy) is 1. The summed E-state index contributed by atoms with van der Waals surface area (Å²) in [7, 11) is 1.50. The van der Waals surface area contributed by atoms with Gasteiger partial charge in [0.1, 0.15) is 5.82 Å². The van der Waals surface area contributed by atoms with Gasteiger partial charge in [0, 0.05) is 24.3 Å². The second-order valence-corrected chi connectivity index (χ2v) is 7.97. The first-order chi connectivity index (χ1) is 16.1. The molecule has 1 atom stereocenters. The average Bonchev–Trinajstić information content (AvgIpc) is 3.19. The number of hydrogen-bond acceptors (Lipinski definition) is 7. The van der Waals surface area contributed by atoms with Gasteiger partial charge in [0.15, 0.2) is 5.58 Å². The van der Waals surface area contributed by atoms with Crippen LogP contribution in [0.25, 0.3) is 21.9 Å². The topological polar surface area (TPSA) is 107 Å². The third kappa shape index (κ3) is 4.38. The summed E-state index contributed by atoms with van der Waals surface area (Å²) >= 11 is 0. The Hall–Kier alpha value is -3.73. The minimum absolute atomic E-state index is 0.00362. The van der Waals surface area contributed by atoms with E-state index in [0.717, 1.165) is 12.3 Å². The number of halogens is 3. The molecule has 4 rings (SSSR count). The molecule has 1 amide bonds. The molecular weight excluding hydrogens is 451 g/mol. The molecule has 0 saturated heterocycles. The number of carbonyl (C=O) groups is 1. The van der Waals surface area contributed by atoms with Crippen molar-refractivity contribution in [3.8, 4) is 0 Å². The average molecular weight is 473 g/mol. The first-order valence-corrected chi connectivity index (χ1v) is 10.4. The van der Waals surface area contributed by atoms with Crippen LogP contribution in [0.2, 0.25) is 0 Å². The van der Waals surface area contributed by atoms with Crippen LogP contribution in [-0.2, 0) is 17.5 Å². The SMILES string of the molecule is COC[C@H](C)N(Cc1ccc(C(F)(F)F)cn1)C(=O)c1ccc2nc(N)c3c(C)noc3c2c1. The Kier molecular flexibility index (Phi) is 6.13. The number of nitrogen functional groups attached to an aromatic ring is 1. The van der Waals surface area contributed by atoms with Gasteiger partial charge < -0.3 is 19.9 Å². The van der Waals surface area contributed by atoms with Gasteiger partial charge in [-0.1, -0.05) is 5.16 Å². The second-order valence-electron chi connectivity index (χ2n) is 7.97. The lowest BCUT2D eigenvalue weighted by atomic mass is 10.1. The van der Waals surface area contributed by atoms with Crippen LogP contribution >= 0.6 is 0 Å². The van der Waals surface area contributed by atoms with Crippen molar-refractivity contribution >= 4 is 33.6 Å². The summed E-state index contributed by atoms with van der Waals surface area (Å²) in [6.07, 6.45) is -3.73. The van der Waals surface area contributed by atoms with Crippen LogP contribution in [0.5, 0.6) is 0 Å². The summed E-state index contributed by atoms with van der Waals surface area (Å²) in [5.74, 6) is -0.0709. The Bertz CT molecular complexity index is 1350. The highest BCUT2D eigenvalue weighted by Crippen LogP contribution is 2.31. The van der Waals surface area contributed by atoms with Gasteiger partial charge in [-0.25, -0.2) is 4.98 Å². The lowest BCUT2D eigenvalue weighted by Crippen LogP contribution is -2.40. The van der Waals surface area contributed by atoms with E-state index in [1.807, 2.05) is 0 Å². The number of fused-ring (bicyclic) bond motifs is 3. The predicted molar refractivity (Wildman–Crippen MR) is 119 cm³/mol. The minimum atomic E-state index is -4.49. The number of methoxy groups -OCH3 is 1. The lowest BCUT2D eigenvalue weighted by molar-refractivity contribution is -0.137. The minimum Gasteiger partial charge on any atom is -0.383 e. The molecule has 0 saturated carbocycles. The van der Waals surface area contributed by atoms with E-state index >= 15 is 0 Å². The number of carbonyl (C=O) groups excluding carboxylic acids is 1. The molecule has 34 heavy (non-hydrogen) atoms. The number of amides is 1. The Morgan fingerprint density at radius 2 is 2.03 bits per heavy atom. The Morgan fingerprint density at radius 3 is 2.68 bits per heavy atom. The van der Waals surface area contributed by atoms with Gasteiger partial charge in [0.25, 0.3) is 5.91 Å². The van der Waals surface area contributed by atoms with E-state index < -0.39 is 11.7 Å². The van der Waals surface area contributed by atoms with Crippen LogP contribution < -0.4 is 5.73 Å². The Balaban J connectivity index is 1.71. The van der Waals surface area contributed by atoms with Crippen LogP contribution in [0.4, 0.5) is 19.0 Å². The Labute approximate surface area is 192 Å². The summed E-state index contributed by atoms with van der Waals surface area (Å²) < 4.78 is 49.3. The number of rotatable bonds is 6. The van der Waals surface area contributed by atoms with Crippen LogP contribution in [0, 0.1) is 6.92 Å². The van der Waals surface area contributed by atoms with E-state index in [-0.39, 0.29) is 30.9 Å². The number of hydrogen-bond donors (Lipinski definition) is 1. The van der Waals surface area contributed by atoms with Gasteiger partial charge in [0.05, 0.1) is 47.0 Å². The molecule has 1 aromatic carbocycles. The van der Waals surface area contributed by atoms with Crippen molar-refractivity contribution < 1.29 is 27.2 Å². The zero-order valence-corrected chi connectivity index (χ0v) is 18.7. The van der Waals surface area contributed by atoms with Crippen molar-refractivity contribution in [2.45, 2.75) is 32.6 Å². The third-order valence-electron chi connectivity index (χ3n) is 5.53. The van der Waals surface area contributed by atoms with Gasteiger partial charge in [-0.2, -0.15) is 13.2 Å². The molecular formula is C23H22F3N5O3. The molecule has 0 bridgehead atoms. The number of benzene rings is 1. The van der Waals surface area contributed by atoms with Gasteiger partial charge >= 0.3 is 6.18 Å². The monoisotopic (exact) mass is 473 g/mol. The van der Waals surface area contributed by atoms with E-state index in [9.17, 15) is 18.0 Å². The van der Waals surface area contributed by atoms with Gasteiger partial charge in [-0.3, -0.25) is 9.78 Å². The fourth-order valence-electron chi connectivity index (χ4n) is 3.77. The van der Waals surface area contributed by atoms with Gasteiger partial charge in [-0.15, -0.1) is 0 Å². The molecule has 8 nitrogen and oxygen atoms in total. The van der Waals surface area contributed by atoms with Gasteiger partial charge in [-0.05, 0) is 44.2 Å². The van der Waals surface area contributed by atoms with Crippen LogP contribution in [0.15, 0.2) is 41.1 Å². The van der Waals surface area contributed by atoms with E-state index in [1.54, 1.807) is 32.0 Å². The first kappa shape index (κ1) is 23.4. The molecule has 2 N–H and O–H groups in total. The molecule has 0 spiro atoms. The second kappa shape index (κ2) is 8.90. The van der Waals surface area contributed by atoms with E-state index in [1.165, 1.54) is 18.1 Å². The molecule has 0 aliphatic heterocycles. The number of aryl methyl sites for hydroxylation is 1. The first-order valence-electron chi connectivity index (χ1n) is 10.4. The molecule has 0 aliphatic rings. The fourth-order valence-corrected chi connectivity index (χ4v) is 3.77. The normalized spacial score (nSPS) is 12.9. The smallest absolute Gasteiger partial charge is 0.383 e. The molecule has 178 valence electrons. The molecule has 4 aromatic rings. The van der Waals surface area contributed by atoms with Crippen LogP contribution in [0.3, 0.4) is 0 Å². The summed E-state index contributed by atoms with van der Waals surface area (Å²) in [5, 5.41) is 5.11. The number of alkyl halides is 3. The van der Waals surface area contributed by atoms with Crippen LogP contribution in [0.1, 0.15) is 34.2 Å². The summed E-state index contributed by atoms with van der Waals surface area (Å²) in [6.45, 7) is 3.75. The summed E-state index contributed by atoms with van der Waals surface area (Å²) in [6, 6.07) is 6.74. The summed E-state index contributed by atoms with van der Waals surface area (Å²) in [4.78, 5) is 23.3. The van der Waals surface area contributed by atoms with E-state index in [4.69, 9.17) is 15.0 Å². The van der Waals surface area contributed by atoms with Crippen molar-refractivity contribution in [2.75, 3.05) is 19.5 Å². The predicted octanol–water partition coefficient (Wildman–Crippen LogP) is 4.36. The van der Waals surface area contributed by atoms with E-state index in [2.05, 4.69) is 15.1 Å². The summed E-state index contributed by atoms with van der Waals surface area (Å²) in [5.41, 5.74) is 7.38. The number of nitrogens with zero attached hydrogens (tertiary/aromatic N) is 4. The van der Waals surface area contributed by atoms with Crippen LogP contribution in [-0.4, -0.2) is 45.7 Å². The number of aromatic nitrogens is 3. The molecule has 3 aromatic heterocycles. The van der Waals surface area contributed by atoms with Crippen molar-refractivity contribution in [2.24, 2.45) is 0 Å². The molecule has 11 heteroatoms. The maximum Gasteiger partial charge on any atom is 0.417 e. The maximum absolute atomic E-state index is 13.5. The molecule has 0 radical (unpaired) electrons. The fraction of sp³-hybridized carbons (Fsp3) is 0.304. The zero-order valence-electron chi connectivity index (χ0n) is 18.7. The lowest BCUT2D eigenvalue weighted by Gasteiger charge is -2.29. The van der Waals surface area contributed by atoms with Gasteiger partial charge in [0.2, 0.25) is 0 Å². The van der Waals surface area contributed by atoms with E-state index in [0.29, 0.717) is 38.8 Å². The van der Waals surface area contributed by atoms with Crippen molar-refractivity contribution in [1.29, 1.82) is 0 Å². The number of anilines is 1. The third-order valence-corrected chi connectivity index (χ3v) is 5.53. The maximum atomic E-state index is 13.5. The quantitative estimate of drug-likeness (QED) is 0.443. The largest absolute Gasteiger partial charge is 0.417 e. The number of pyridine rings is 2. The highest BCUT2D eigenvalue weighted by atomic mass is 19.4. The zero-order chi connectivity index (χ0) is 24.6. The molecule has 0 unspecified atom stereocenters. The van der Waals surface area contributed by atoms with Crippen molar-refractivity contribution in [3.05, 3.63) is 59.0 Å². The van der Waals surface area contributed by atoms with Crippen molar-refractivity contribution in [1.82, 2.24) is 20.0 Å². The molecule has 0 fully saturated rings. The van der Waals surface area contributed by atoms with Crippen molar-refractivity contribution in [3.63, 3.8) is 0 Å². The molecule has 3 heterocycles.